The van der Waals surface area contributed by atoms with Crippen LogP contribution in [-0.4, -0.2) is 39.4 Å². The van der Waals surface area contributed by atoms with Gasteiger partial charge in [0.25, 0.3) is 0 Å². The van der Waals surface area contributed by atoms with E-state index in [1.807, 2.05) is 0 Å². The molecule has 0 radical (unpaired) electrons. The van der Waals surface area contributed by atoms with Gasteiger partial charge >= 0.3 is 0 Å². The van der Waals surface area contributed by atoms with E-state index in [1.54, 1.807) is 5.56 Å². The minimum absolute atomic E-state index is 0.475. The van der Waals surface area contributed by atoms with E-state index in [0.29, 0.717) is 5.41 Å². The second-order valence-corrected chi connectivity index (χ2v) is 5.84. The summed E-state index contributed by atoms with van der Waals surface area (Å²) in [7, 11) is 0. The van der Waals surface area contributed by atoms with Crippen molar-refractivity contribution in [2.45, 2.75) is 11.8 Å². The van der Waals surface area contributed by atoms with Gasteiger partial charge in [-0.1, -0.05) is 12.1 Å². The van der Waals surface area contributed by atoms with Crippen molar-refractivity contribution in [2.75, 3.05) is 44.3 Å². The third kappa shape index (κ3) is 1.57. The molecule has 3 aliphatic rings. The monoisotopic (exact) mass is 244 g/mol. The highest BCUT2D eigenvalue weighted by Gasteiger charge is 2.57. The summed E-state index contributed by atoms with van der Waals surface area (Å²) in [5.74, 6) is 0.887. The Balaban J connectivity index is 1.62. The predicted octanol–water partition coefficient (Wildman–Crippen LogP) is 1.38. The Morgan fingerprint density at radius 1 is 1.28 bits per heavy atom. The Labute approximate surface area is 108 Å². The van der Waals surface area contributed by atoms with Crippen LogP contribution in [0.2, 0.25) is 0 Å². The molecule has 0 aromatic heterocycles. The van der Waals surface area contributed by atoms with E-state index < -0.39 is 0 Å². The standard InChI is InChI=1S/C15H20N2O/c1-2-12(15-9-13(15)10-16-11-15)8-14(3-1)17-4-6-18-7-5-17/h1-3,8,13,16H,4-7,9-11H2. The van der Waals surface area contributed by atoms with Gasteiger partial charge in [0, 0.05) is 30.7 Å². The first kappa shape index (κ1) is 10.8. The normalized spacial score (nSPS) is 34.4. The molecule has 2 saturated heterocycles. The van der Waals surface area contributed by atoms with Crippen molar-refractivity contribution in [2.24, 2.45) is 5.92 Å². The molecule has 1 aromatic rings. The van der Waals surface area contributed by atoms with Crippen LogP contribution in [0.25, 0.3) is 0 Å². The molecule has 1 aromatic carbocycles. The van der Waals surface area contributed by atoms with Crippen LogP contribution in [0.5, 0.6) is 0 Å². The molecule has 0 bridgehead atoms. The highest BCUT2D eigenvalue weighted by molar-refractivity contribution is 5.52. The van der Waals surface area contributed by atoms with Crippen LogP contribution in [-0.2, 0) is 10.2 Å². The number of ether oxygens (including phenoxy) is 1. The van der Waals surface area contributed by atoms with E-state index in [0.717, 1.165) is 32.2 Å². The molecular weight excluding hydrogens is 224 g/mol. The second kappa shape index (κ2) is 3.97. The summed E-state index contributed by atoms with van der Waals surface area (Å²) >= 11 is 0. The molecule has 0 amide bonds. The van der Waals surface area contributed by atoms with Crippen molar-refractivity contribution < 1.29 is 4.74 Å². The van der Waals surface area contributed by atoms with Gasteiger partial charge < -0.3 is 15.0 Å². The maximum absolute atomic E-state index is 5.43. The number of nitrogens with one attached hydrogen (secondary N) is 1. The third-order valence-electron chi connectivity index (χ3n) is 4.86. The molecule has 3 fully saturated rings. The summed E-state index contributed by atoms with van der Waals surface area (Å²) in [5.41, 5.74) is 3.40. The molecule has 2 heterocycles. The third-order valence-corrected chi connectivity index (χ3v) is 4.86. The summed E-state index contributed by atoms with van der Waals surface area (Å²) in [6, 6.07) is 9.20. The van der Waals surface area contributed by atoms with Crippen molar-refractivity contribution in [3.8, 4) is 0 Å². The quantitative estimate of drug-likeness (QED) is 0.850. The average Bonchev–Trinajstić information content (AvgIpc) is 3.02. The minimum atomic E-state index is 0.475. The Morgan fingerprint density at radius 3 is 2.89 bits per heavy atom. The van der Waals surface area contributed by atoms with Crippen LogP contribution in [0.4, 0.5) is 5.69 Å². The molecule has 18 heavy (non-hydrogen) atoms. The summed E-state index contributed by atoms with van der Waals surface area (Å²) in [6.45, 7) is 6.15. The number of fused-ring (bicyclic) bond motifs is 1. The van der Waals surface area contributed by atoms with E-state index in [-0.39, 0.29) is 0 Å². The van der Waals surface area contributed by atoms with Crippen LogP contribution in [0, 0.1) is 5.92 Å². The first-order valence-electron chi connectivity index (χ1n) is 7.02. The van der Waals surface area contributed by atoms with Crippen molar-refractivity contribution >= 4 is 5.69 Å². The van der Waals surface area contributed by atoms with Crippen LogP contribution in [0.15, 0.2) is 24.3 Å². The fourth-order valence-corrected chi connectivity index (χ4v) is 3.62. The molecule has 3 heteroatoms. The van der Waals surface area contributed by atoms with Gasteiger partial charge in [-0.25, -0.2) is 0 Å². The van der Waals surface area contributed by atoms with Crippen LogP contribution >= 0.6 is 0 Å². The SMILES string of the molecule is c1cc(N2CCOCC2)cc(C23CNCC2C3)c1. The molecule has 96 valence electrons. The topological polar surface area (TPSA) is 24.5 Å². The number of piperidine rings is 1. The van der Waals surface area contributed by atoms with Gasteiger partial charge in [-0.05, 0) is 36.6 Å². The van der Waals surface area contributed by atoms with Gasteiger partial charge in [0.05, 0.1) is 13.2 Å². The molecule has 2 aliphatic heterocycles. The molecule has 2 unspecified atom stereocenters. The van der Waals surface area contributed by atoms with Crippen molar-refractivity contribution in [1.82, 2.24) is 5.32 Å². The van der Waals surface area contributed by atoms with E-state index in [2.05, 4.69) is 34.5 Å². The number of benzene rings is 1. The zero-order valence-corrected chi connectivity index (χ0v) is 10.7. The Morgan fingerprint density at radius 2 is 2.17 bits per heavy atom. The van der Waals surface area contributed by atoms with Crippen LogP contribution < -0.4 is 10.2 Å². The van der Waals surface area contributed by atoms with E-state index >= 15 is 0 Å². The fraction of sp³-hybridized carbons (Fsp3) is 0.600. The number of morpholine rings is 1. The van der Waals surface area contributed by atoms with Crippen LogP contribution in [0.1, 0.15) is 12.0 Å². The van der Waals surface area contributed by atoms with E-state index in [1.165, 1.54) is 25.2 Å². The average molecular weight is 244 g/mol. The van der Waals surface area contributed by atoms with Crippen molar-refractivity contribution in [3.63, 3.8) is 0 Å². The summed E-state index contributed by atoms with van der Waals surface area (Å²) < 4.78 is 5.43. The summed E-state index contributed by atoms with van der Waals surface area (Å²) in [6.07, 6.45) is 1.38. The zero-order chi connectivity index (χ0) is 12.0. The van der Waals surface area contributed by atoms with Gasteiger partial charge in [-0.3, -0.25) is 0 Å². The lowest BCUT2D eigenvalue weighted by Crippen LogP contribution is -2.36. The van der Waals surface area contributed by atoms with E-state index in [4.69, 9.17) is 4.74 Å². The van der Waals surface area contributed by atoms with Crippen LogP contribution in [0.3, 0.4) is 0 Å². The predicted molar refractivity (Wildman–Crippen MR) is 72.1 cm³/mol. The van der Waals surface area contributed by atoms with Crippen molar-refractivity contribution in [1.29, 1.82) is 0 Å². The Kier molecular flexibility index (Phi) is 2.39. The van der Waals surface area contributed by atoms with E-state index in [9.17, 15) is 0 Å². The molecule has 1 saturated carbocycles. The molecule has 0 spiro atoms. The molecule has 3 nitrogen and oxygen atoms in total. The maximum Gasteiger partial charge on any atom is 0.0642 e. The highest BCUT2D eigenvalue weighted by atomic mass is 16.5. The number of hydrogen-bond donors (Lipinski definition) is 1. The molecule has 4 rings (SSSR count). The maximum atomic E-state index is 5.43. The first-order valence-corrected chi connectivity index (χ1v) is 7.02. The molecule has 2 atom stereocenters. The van der Waals surface area contributed by atoms with Crippen molar-refractivity contribution in [3.05, 3.63) is 29.8 Å². The largest absolute Gasteiger partial charge is 0.378 e. The lowest BCUT2D eigenvalue weighted by atomic mass is 9.94. The van der Waals surface area contributed by atoms with Gasteiger partial charge in [0.1, 0.15) is 0 Å². The number of anilines is 1. The van der Waals surface area contributed by atoms with Gasteiger partial charge in [-0.2, -0.15) is 0 Å². The lowest BCUT2D eigenvalue weighted by molar-refractivity contribution is 0.122. The smallest absolute Gasteiger partial charge is 0.0642 e. The highest BCUT2D eigenvalue weighted by Crippen LogP contribution is 2.56. The number of rotatable bonds is 2. The second-order valence-electron chi connectivity index (χ2n) is 5.84. The Hall–Kier alpha value is -1.06. The molecule has 1 aliphatic carbocycles. The lowest BCUT2D eigenvalue weighted by Gasteiger charge is -2.29. The number of nitrogens with zero attached hydrogens (tertiary/aromatic N) is 1. The zero-order valence-electron chi connectivity index (χ0n) is 10.7. The molecule has 1 N–H and O–H groups in total. The number of hydrogen-bond acceptors (Lipinski definition) is 3. The van der Waals surface area contributed by atoms with Gasteiger partial charge in [0.2, 0.25) is 0 Å². The first-order chi connectivity index (χ1) is 8.88. The fourth-order valence-electron chi connectivity index (χ4n) is 3.62. The van der Waals surface area contributed by atoms with Gasteiger partial charge in [-0.15, -0.1) is 0 Å². The summed E-state index contributed by atoms with van der Waals surface area (Å²) in [5, 5.41) is 3.53. The molecular formula is C15H20N2O. The van der Waals surface area contributed by atoms with Gasteiger partial charge in [0.15, 0.2) is 0 Å². The summed E-state index contributed by atoms with van der Waals surface area (Å²) in [4.78, 5) is 2.45. The Bertz CT molecular complexity index is 456. The minimum Gasteiger partial charge on any atom is -0.378 e.